The largest absolute Gasteiger partial charge is 0.361 e. The van der Waals surface area contributed by atoms with Gasteiger partial charge in [0.2, 0.25) is 11.8 Å². The fourth-order valence-corrected chi connectivity index (χ4v) is 8.76. The summed E-state index contributed by atoms with van der Waals surface area (Å²) < 4.78 is 0. The Morgan fingerprint density at radius 3 is 1.62 bits per heavy atom. The van der Waals surface area contributed by atoms with Crippen LogP contribution in [0, 0.1) is 10.8 Å². The minimum Gasteiger partial charge on any atom is -0.361 e. The van der Waals surface area contributed by atoms with E-state index < -0.39 is 0 Å². The van der Waals surface area contributed by atoms with E-state index in [2.05, 4.69) is 30.4 Å². The minimum absolute atomic E-state index is 0.0311. The van der Waals surface area contributed by atoms with Crippen molar-refractivity contribution >= 4 is 52.4 Å². The number of halogens is 3. The maximum atomic E-state index is 11.8. The molecule has 50 heavy (non-hydrogen) atoms. The minimum atomic E-state index is 0.0311. The molecular formula is C36H36Cl3N9O2. The van der Waals surface area contributed by atoms with Crippen LogP contribution in [-0.2, 0) is 22.7 Å². The van der Waals surface area contributed by atoms with Crippen LogP contribution in [-0.4, -0.2) is 94.9 Å². The van der Waals surface area contributed by atoms with Crippen LogP contribution in [0.15, 0.2) is 48.8 Å². The zero-order valence-corrected chi connectivity index (χ0v) is 30.0. The lowest BCUT2D eigenvalue weighted by Gasteiger charge is -2.47. The fraction of sp³-hybridized carbons (Fsp3) is 0.389. The van der Waals surface area contributed by atoms with E-state index >= 15 is 0 Å². The number of carbonyl (C=O) groups excluding carboxylic acids is 2. The van der Waals surface area contributed by atoms with Gasteiger partial charge in [-0.2, -0.15) is 0 Å². The summed E-state index contributed by atoms with van der Waals surface area (Å²) in [5.74, 6) is 1.02. The van der Waals surface area contributed by atoms with Crippen molar-refractivity contribution < 1.29 is 9.59 Å². The first-order valence-electron chi connectivity index (χ1n) is 16.6. The molecule has 0 saturated carbocycles. The molecule has 258 valence electrons. The predicted molar refractivity (Wildman–Crippen MR) is 194 cm³/mol. The second-order valence-electron chi connectivity index (χ2n) is 14.4. The molecule has 2 spiro atoms. The van der Waals surface area contributed by atoms with Crippen molar-refractivity contribution in [3.63, 3.8) is 0 Å². The van der Waals surface area contributed by atoms with Crippen LogP contribution in [0.5, 0.6) is 0 Å². The number of benzene rings is 2. The number of nitrogens with one attached hydrogen (secondary N) is 2. The molecule has 4 fully saturated rings. The van der Waals surface area contributed by atoms with Gasteiger partial charge in [0.1, 0.15) is 0 Å². The number of carbonyl (C=O) groups is 2. The van der Waals surface area contributed by atoms with Crippen molar-refractivity contribution in [1.29, 1.82) is 0 Å². The average Bonchev–Trinajstić information content (AvgIpc) is 3.65. The summed E-state index contributed by atoms with van der Waals surface area (Å²) in [6.07, 6.45) is 4.63. The second-order valence-corrected chi connectivity index (χ2v) is 15.6. The highest BCUT2D eigenvalue weighted by Crippen LogP contribution is 2.43. The van der Waals surface area contributed by atoms with E-state index in [0.717, 1.165) is 67.5 Å². The van der Waals surface area contributed by atoms with Crippen molar-refractivity contribution in [1.82, 2.24) is 40.4 Å². The number of anilines is 1. The molecule has 0 radical (unpaired) electrons. The number of nitrogens with zero attached hydrogens (tertiary/aromatic N) is 7. The molecule has 2 aromatic heterocycles. The predicted octanol–water partition coefficient (Wildman–Crippen LogP) is 4.94. The molecule has 4 aliphatic heterocycles. The summed E-state index contributed by atoms with van der Waals surface area (Å²) in [5, 5.41) is 7.21. The zero-order chi connectivity index (χ0) is 34.8. The van der Waals surface area contributed by atoms with Crippen molar-refractivity contribution in [2.45, 2.75) is 25.9 Å². The molecule has 14 heteroatoms. The van der Waals surface area contributed by atoms with Gasteiger partial charge in [0.15, 0.2) is 11.0 Å². The lowest BCUT2D eigenvalue weighted by molar-refractivity contribution is -0.121. The topological polar surface area (TPSA) is 119 Å². The lowest BCUT2D eigenvalue weighted by atomic mass is 9.79. The van der Waals surface area contributed by atoms with Crippen molar-refractivity contribution in [3.05, 3.63) is 75.4 Å². The Labute approximate surface area is 305 Å². The number of likely N-dealkylation sites (tertiary alicyclic amines) is 2. The van der Waals surface area contributed by atoms with Crippen molar-refractivity contribution in [3.8, 4) is 33.6 Å². The molecule has 8 rings (SSSR count). The lowest BCUT2D eigenvalue weighted by Crippen LogP contribution is -2.56. The average molecular weight is 733 g/mol. The zero-order valence-electron chi connectivity index (χ0n) is 27.8. The Bertz CT molecular complexity index is 2030. The third kappa shape index (κ3) is 6.09. The van der Waals surface area contributed by atoms with E-state index in [1.165, 1.54) is 0 Å². The molecule has 0 bridgehead atoms. The van der Waals surface area contributed by atoms with Crippen LogP contribution in [0.25, 0.3) is 33.6 Å². The number of aromatic nitrogens is 4. The Kier molecular flexibility index (Phi) is 8.47. The fourth-order valence-electron chi connectivity index (χ4n) is 7.91. The molecule has 0 aliphatic carbocycles. The highest BCUT2D eigenvalue weighted by atomic mass is 35.5. The molecule has 2 N–H and O–H groups in total. The van der Waals surface area contributed by atoms with Crippen LogP contribution >= 0.6 is 34.8 Å². The van der Waals surface area contributed by atoms with Gasteiger partial charge >= 0.3 is 0 Å². The van der Waals surface area contributed by atoms with E-state index in [-0.39, 0.29) is 22.6 Å². The smallest absolute Gasteiger partial charge is 0.220 e. The SMILES string of the molecule is CN(C)c1nc(-c2cccc(-c3cccc(-c4cnc(CN5CC6(CNC(=O)C6)C5)c(Cl)n4)c3Cl)c2Cl)cnc1CN1CC2(CNC(=O)C2)C1. The Morgan fingerprint density at radius 1 is 0.700 bits per heavy atom. The van der Waals surface area contributed by atoms with Crippen molar-refractivity contribution in [2.75, 3.05) is 58.3 Å². The molecule has 11 nitrogen and oxygen atoms in total. The highest BCUT2D eigenvalue weighted by Gasteiger charge is 2.49. The van der Waals surface area contributed by atoms with Crippen LogP contribution < -0.4 is 15.5 Å². The molecule has 0 atom stereocenters. The van der Waals surface area contributed by atoms with Gasteiger partial charge in [-0.1, -0.05) is 71.2 Å². The summed E-state index contributed by atoms with van der Waals surface area (Å²) in [7, 11) is 3.91. The number of hydrogen-bond acceptors (Lipinski definition) is 9. The maximum Gasteiger partial charge on any atom is 0.220 e. The van der Waals surface area contributed by atoms with Crippen molar-refractivity contribution in [2.24, 2.45) is 10.8 Å². The third-order valence-electron chi connectivity index (χ3n) is 10.3. The van der Waals surface area contributed by atoms with Crippen LogP contribution in [0.2, 0.25) is 15.2 Å². The summed E-state index contributed by atoms with van der Waals surface area (Å²) >= 11 is 20.9. The summed E-state index contributed by atoms with van der Waals surface area (Å²) in [6, 6.07) is 11.5. The maximum absolute atomic E-state index is 11.8. The number of hydrogen-bond donors (Lipinski definition) is 2. The Balaban J connectivity index is 1.01. The Hall–Kier alpha value is -3.87. The summed E-state index contributed by atoms with van der Waals surface area (Å²) in [6.45, 7) is 6.06. The van der Waals surface area contributed by atoms with Gasteiger partial charge in [0.25, 0.3) is 0 Å². The first-order chi connectivity index (χ1) is 24.0. The number of amides is 2. The molecule has 4 aromatic rings. The standard InChI is InChI=1S/C36H36Cl3N9O2/c1-46(2)34-28(14-48-19-36(20-48)10-30(50)43-16-36)41-12-26(45-34)24-8-4-6-22(32(24)38)21-5-3-7-23(31(21)37)25-11-40-27(33(39)44-25)13-47-17-35(18-47)9-29(49)42-15-35/h3-8,11-12H,9-10,13-20H2,1-2H3,(H,42,49)(H,43,50). The van der Waals surface area contributed by atoms with Gasteiger partial charge in [0.05, 0.1) is 45.2 Å². The van der Waals surface area contributed by atoms with Gasteiger partial charge < -0.3 is 15.5 Å². The molecule has 4 saturated heterocycles. The van der Waals surface area contributed by atoms with Crippen LogP contribution in [0.3, 0.4) is 0 Å². The molecule has 4 aliphatic rings. The summed E-state index contributed by atoms with van der Waals surface area (Å²) in [5.41, 5.74) is 5.77. The van der Waals surface area contributed by atoms with Gasteiger partial charge in [-0.3, -0.25) is 29.4 Å². The molecule has 2 amide bonds. The normalized spacial score (nSPS) is 19.4. The van der Waals surface area contributed by atoms with E-state index in [4.69, 9.17) is 44.8 Å². The first kappa shape index (κ1) is 33.3. The molecular weight excluding hydrogens is 697 g/mol. The quantitative estimate of drug-likeness (QED) is 0.260. The van der Waals surface area contributed by atoms with Gasteiger partial charge in [0, 0.05) is 112 Å². The monoisotopic (exact) mass is 731 g/mol. The molecule has 6 heterocycles. The van der Waals surface area contributed by atoms with E-state index in [9.17, 15) is 9.59 Å². The van der Waals surface area contributed by atoms with Crippen LogP contribution in [0.1, 0.15) is 24.2 Å². The van der Waals surface area contributed by atoms with Gasteiger partial charge in [-0.25, -0.2) is 9.97 Å². The van der Waals surface area contributed by atoms with E-state index in [1.807, 2.05) is 55.4 Å². The second kappa shape index (κ2) is 12.7. The van der Waals surface area contributed by atoms with E-state index in [1.54, 1.807) is 12.4 Å². The Morgan fingerprint density at radius 2 is 1.16 bits per heavy atom. The first-order valence-corrected chi connectivity index (χ1v) is 17.7. The molecule has 2 aromatic carbocycles. The van der Waals surface area contributed by atoms with E-state index in [0.29, 0.717) is 63.8 Å². The van der Waals surface area contributed by atoms with Gasteiger partial charge in [-0.05, 0) is 0 Å². The highest BCUT2D eigenvalue weighted by molar-refractivity contribution is 6.39. The molecule has 0 unspecified atom stereocenters. The summed E-state index contributed by atoms with van der Waals surface area (Å²) in [4.78, 5) is 49.2. The number of rotatable bonds is 8. The van der Waals surface area contributed by atoms with Crippen LogP contribution in [0.4, 0.5) is 5.82 Å². The third-order valence-corrected chi connectivity index (χ3v) is 11.4. The van der Waals surface area contributed by atoms with Gasteiger partial charge in [-0.15, -0.1) is 0 Å².